The highest BCUT2D eigenvalue weighted by Gasteiger charge is 2.14. The van der Waals surface area contributed by atoms with E-state index in [1.807, 2.05) is 0 Å². The summed E-state index contributed by atoms with van der Waals surface area (Å²) < 4.78 is 0. The second-order valence-electron chi connectivity index (χ2n) is 2.52. The fourth-order valence-corrected chi connectivity index (χ4v) is 2.72. The molecule has 0 saturated heterocycles. The van der Waals surface area contributed by atoms with E-state index in [2.05, 4.69) is 0 Å². The number of hydroxylamine groups is 1. The van der Waals surface area contributed by atoms with Gasteiger partial charge in [-0.1, -0.05) is 21.6 Å². The molecule has 0 aliphatic heterocycles. The van der Waals surface area contributed by atoms with E-state index in [0.29, 0.717) is 0 Å². The lowest BCUT2D eigenvalue weighted by atomic mass is 10.4. The summed E-state index contributed by atoms with van der Waals surface area (Å²) in [4.78, 5) is 20.7. The van der Waals surface area contributed by atoms with Crippen molar-refractivity contribution >= 4 is 33.5 Å². The van der Waals surface area contributed by atoms with E-state index in [4.69, 9.17) is 15.9 Å². The van der Waals surface area contributed by atoms with Gasteiger partial charge in [-0.15, -0.1) is 0 Å². The number of carboxylic acids is 2. The Morgan fingerprint density at radius 2 is 1.80 bits per heavy atom. The molecule has 7 nitrogen and oxygen atoms in total. The van der Waals surface area contributed by atoms with Gasteiger partial charge in [0, 0.05) is 11.5 Å². The van der Waals surface area contributed by atoms with Crippen molar-refractivity contribution in [3.8, 4) is 0 Å². The summed E-state index contributed by atoms with van der Waals surface area (Å²) in [7, 11) is 2.21. The molecular weight excluding hydrogens is 244 g/mol. The van der Waals surface area contributed by atoms with Crippen LogP contribution >= 0.6 is 21.6 Å². The highest BCUT2D eigenvalue weighted by molar-refractivity contribution is 8.76. The molecule has 0 spiro atoms. The molecule has 88 valence electrons. The fraction of sp³-hybridized carbons (Fsp3) is 0.667. The lowest BCUT2D eigenvalue weighted by Gasteiger charge is -2.16. The molecule has 0 saturated carbocycles. The molecule has 0 aromatic heterocycles. The monoisotopic (exact) mass is 255 g/mol. The lowest BCUT2D eigenvalue weighted by molar-refractivity contribution is -0.139. The van der Waals surface area contributed by atoms with Crippen molar-refractivity contribution in [1.82, 2.24) is 5.48 Å². The third kappa shape index (κ3) is 6.57. The largest absolute Gasteiger partial charge is 0.787 e. The minimum Gasteiger partial charge on any atom is -0.787 e. The zero-order chi connectivity index (χ0) is 11.8. The molecule has 0 bridgehead atoms. The van der Waals surface area contributed by atoms with Crippen molar-refractivity contribution < 1.29 is 19.8 Å². The van der Waals surface area contributed by atoms with Crippen molar-refractivity contribution in [2.75, 3.05) is 11.5 Å². The molecule has 0 radical (unpaired) electrons. The summed E-state index contributed by atoms with van der Waals surface area (Å²) in [5.41, 5.74) is 6.58. The van der Waals surface area contributed by atoms with E-state index >= 15 is 0 Å². The van der Waals surface area contributed by atoms with E-state index in [9.17, 15) is 14.8 Å². The Morgan fingerprint density at radius 3 is 2.20 bits per heavy atom. The Balaban J connectivity index is 3.61. The van der Waals surface area contributed by atoms with Crippen LogP contribution in [0.25, 0.3) is 0 Å². The Labute approximate surface area is 93.8 Å². The standard InChI is InChI=1S/C6H11N2O5S2/c7-3(5(9)10)1-14-15-2-4(8-13)6(11)12/h3-4,8H,1-2,7H2,(H,9,10)(H,11,12)/q-1/t3-,4-/m0/s1. The number of aliphatic carboxylic acids is 2. The van der Waals surface area contributed by atoms with Crippen molar-refractivity contribution in [3.63, 3.8) is 0 Å². The van der Waals surface area contributed by atoms with Gasteiger partial charge in [0.05, 0.1) is 0 Å². The molecule has 9 heteroatoms. The van der Waals surface area contributed by atoms with E-state index in [1.165, 1.54) is 5.48 Å². The number of hydrogen-bond acceptors (Lipinski definition) is 7. The van der Waals surface area contributed by atoms with Gasteiger partial charge in [0.2, 0.25) is 0 Å². The quantitative estimate of drug-likeness (QED) is 0.252. The van der Waals surface area contributed by atoms with Crippen LogP contribution in [0.4, 0.5) is 0 Å². The van der Waals surface area contributed by atoms with Gasteiger partial charge < -0.3 is 26.6 Å². The number of carboxylic acid groups (broad SMARTS) is 2. The predicted octanol–water partition coefficient (Wildman–Crippen LogP) is -0.680. The number of nitrogens with one attached hydrogen (secondary N) is 1. The number of rotatable bonds is 8. The van der Waals surface area contributed by atoms with Crippen LogP contribution in [-0.2, 0) is 9.59 Å². The average molecular weight is 255 g/mol. The van der Waals surface area contributed by atoms with Gasteiger partial charge in [-0.2, -0.15) is 0 Å². The molecule has 0 aliphatic rings. The number of carbonyl (C=O) groups is 2. The molecule has 0 unspecified atom stereocenters. The smallest absolute Gasteiger partial charge is 0.321 e. The third-order valence-corrected chi connectivity index (χ3v) is 3.77. The van der Waals surface area contributed by atoms with Gasteiger partial charge in [0.15, 0.2) is 0 Å². The highest BCUT2D eigenvalue weighted by atomic mass is 33.1. The molecule has 15 heavy (non-hydrogen) atoms. The first-order valence-corrected chi connectivity index (χ1v) is 6.31. The first kappa shape index (κ1) is 14.5. The zero-order valence-corrected chi connectivity index (χ0v) is 9.21. The molecule has 2 atom stereocenters. The van der Waals surface area contributed by atoms with E-state index < -0.39 is 24.0 Å². The van der Waals surface area contributed by atoms with Crippen LogP contribution in [0.5, 0.6) is 0 Å². The molecular formula is C6H11N2O5S2-. The number of nitrogens with two attached hydrogens (primary N) is 1. The van der Waals surface area contributed by atoms with Crippen molar-refractivity contribution in [2.45, 2.75) is 12.1 Å². The Bertz CT molecular complexity index is 228. The Hall–Kier alpha value is -0.480. The van der Waals surface area contributed by atoms with Crippen LogP contribution in [0.2, 0.25) is 0 Å². The van der Waals surface area contributed by atoms with Crippen LogP contribution in [-0.4, -0.2) is 45.7 Å². The number of hydrogen-bond donors (Lipinski definition) is 4. The molecule has 0 fully saturated rings. The van der Waals surface area contributed by atoms with Crippen LogP contribution in [0.3, 0.4) is 0 Å². The summed E-state index contributed by atoms with van der Waals surface area (Å²) in [6, 6.07) is -2.16. The Morgan fingerprint density at radius 1 is 1.27 bits per heavy atom. The van der Waals surface area contributed by atoms with Gasteiger partial charge >= 0.3 is 11.9 Å². The Kier molecular flexibility index (Phi) is 7.52. The normalized spacial score (nSPS) is 14.5. The van der Waals surface area contributed by atoms with Gasteiger partial charge in [-0.3, -0.25) is 9.59 Å². The van der Waals surface area contributed by atoms with Gasteiger partial charge in [-0.05, 0) is 0 Å². The van der Waals surface area contributed by atoms with E-state index in [-0.39, 0.29) is 11.5 Å². The topological polar surface area (TPSA) is 136 Å². The highest BCUT2D eigenvalue weighted by Crippen LogP contribution is 2.22. The summed E-state index contributed by atoms with van der Waals surface area (Å²) in [5, 5.41) is 27.0. The van der Waals surface area contributed by atoms with Crippen molar-refractivity contribution in [3.05, 3.63) is 5.21 Å². The first-order valence-electron chi connectivity index (χ1n) is 3.82. The third-order valence-electron chi connectivity index (χ3n) is 1.32. The zero-order valence-electron chi connectivity index (χ0n) is 7.58. The van der Waals surface area contributed by atoms with E-state index in [1.54, 1.807) is 0 Å². The van der Waals surface area contributed by atoms with Crippen molar-refractivity contribution in [1.29, 1.82) is 0 Å². The fourth-order valence-electron chi connectivity index (χ4n) is 0.465. The summed E-state index contributed by atoms with van der Waals surface area (Å²) in [5.74, 6) is -2.14. The first-order chi connectivity index (χ1) is 6.99. The maximum Gasteiger partial charge on any atom is 0.321 e. The summed E-state index contributed by atoms with van der Waals surface area (Å²) >= 11 is 0. The predicted molar refractivity (Wildman–Crippen MR) is 58.5 cm³/mol. The molecule has 0 aromatic carbocycles. The van der Waals surface area contributed by atoms with Crippen LogP contribution in [0.15, 0.2) is 0 Å². The van der Waals surface area contributed by atoms with E-state index in [0.717, 1.165) is 21.6 Å². The maximum absolute atomic E-state index is 10.4. The molecule has 0 aliphatic carbocycles. The lowest BCUT2D eigenvalue weighted by Crippen LogP contribution is -2.35. The average Bonchev–Trinajstić information content (AvgIpc) is 2.16. The molecule has 0 heterocycles. The van der Waals surface area contributed by atoms with Crippen molar-refractivity contribution in [2.24, 2.45) is 5.73 Å². The minimum atomic E-state index is -1.24. The van der Waals surface area contributed by atoms with Crippen LogP contribution in [0.1, 0.15) is 0 Å². The summed E-state index contributed by atoms with van der Waals surface area (Å²) in [6.07, 6.45) is 0. The second kappa shape index (κ2) is 7.77. The van der Waals surface area contributed by atoms with Gasteiger partial charge in [0.1, 0.15) is 12.1 Å². The molecule has 0 amide bonds. The molecule has 0 rings (SSSR count). The maximum atomic E-state index is 10.4. The van der Waals surface area contributed by atoms with Gasteiger partial charge in [0.25, 0.3) is 0 Å². The molecule has 0 aromatic rings. The second-order valence-corrected chi connectivity index (χ2v) is 5.07. The minimum absolute atomic E-state index is 0.0514. The van der Waals surface area contributed by atoms with Gasteiger partial charge in [-0.25, -0.2) is 0 Å². The SMILES string of the molecule is N[C@@H](CSSC[C@H](N[O-])C(=O)O)C(=O)O. The van der Waals surface area contributed by atoms with Crippen LogP contribution < -0.4 is 11.2 Å². The molecule has 5 N–H and O–H groups in total. The van der Waals surface area contributed by atoms with Crippen LogP contribution in [0, 0.1) is 5.21 Å². The summed E-state index contributed by atoms with van der Waals surface area (Å²) in [6.45, 7) is 0.